The fourth-order valence-corrected chi connectivity index (χ4v) is 4.04. The summed E-state index contributed by atoms with van der Waals surface area (Å²) in [5.41, 5.74) is 0.934. The van der Waals surface area contributed by atoms with Crippen molar-refractivity contribution < 1.29 is 9.59 Å². The number of rotatable bonds is 6. The zero-order valence-corrected chi connectivity index (χ0v) is 18.0. The number of thiazole rings is 1. The van der Waals surface area contributed by atoms with Gasteiger partial charge in [-0.25, -0.2) is 4.98 Å². The molecule has 1 saturated heterocycles. The molecule has 0 bridgehead atoms. The van der Waals surface area contributed by atoms with Gasteiger partial charge in [0, 0.05) is 18.5 Å². The topological polar surface area (TPSA) is 74.3 Å². The summed E-state index contributed by atoms with van der Waals surface area (Å²) < 4.78 is 0. The standard InChI is InChI=1S/C19H22Cl2N4O2S/c1-11(2)9-22-17(26)15-7-4-8-25(15)18(27)14-10-28-19(24-14)23-13-6-3-5-12(20)16(13)21/h3,5-6,10-11,15H,4,7-9H2,1-2H3,(H,22,26)(H,23,24). The Morgan fingerprint density at radius 3 is 2.89 bits per heavy atom. The van der Waals surface area contributed by atoms with Crippen molar-refractivity contribution in [2.75, 3.05) is 18.4 Å². The van der Waals surface area contributed by atoms with Gasteiger partial charge in [-0.1, -0.05) is 43.1 Å². The summed E-state index contributed by atoms with van der Waals surface area (Å²) in [6, 6.07) is 4.82. The zero-order valence-electron chi connectivity index (χ0n) is 15.7. The van der Waals surface area contributed by atoms with E-state index in [0.29, 0.717) is 52.0 Å². The van der Waals surface area contributed by atoms with Gasteiger partial charge in [0.1, 0.15) is 11.7 Å². The van der Waals surface area contributed by atoms with Gasteiger partial charge in [-0.2, -0.15) is 0 Å². The highest BCUT2D eigenvalue weighted by Gasteiger charge is 2.35. The van der Waals surface area contributed by atoms with Crippen LogP contribution in [0.3, 0.4) is 0 Å². The Morgan fingerprint density at radius 2 is 2.14 bits per heavy atom. The molecule has 0 spiro atoms. The predicted molar refractivity (Wildman–Crippen MR) is 114 cm³/mol. The van der Waals surface area contributed by atoms with Crippen LogP contribution in [0.5, 0.6) is 0 Å². The number of aromatic nitrogens is 1. The van der Waals surface area contributed by atoms with Gasteiger partial charge in [-0.3, -0.25) is 9.59 Å². The van der Waals surface area contributed by atoms with Crippen molar-refractivity contribution in [2.45, 2.75) is 32.7 Å². The number of hydrogen-bond donors (Lipinski definition) is 2. The number of amides is 2. The van der Waals surface area contributed by atoms with Crippen LogP contribution in [0.15, 0.2) is 23.6 Å². The molecule has 3 rings (SSSR count). The maximum atomic E-state index is 12.9. The molecule has 1 atom stereocenters. The molecule has 1 unspecified atom stereocenters. The fourth-order valence-electron chi connectivity index (χ4n) is 3.00. The lowest BCUT2D eigenvalue weighted by atomic mass is 10.1. The molecular formula is C19H22Cl2N4O2S. The van der Waals surface area contributed by atoms with Gasteiger partial charge in [0.25, 0.3) is 5.91 Å². The van der Waals surface area contributed by atoms with Crippen molar-refractivity contribution in [1.82, 2.24) is 15.2 Å². The summed E-state index contributed by atoms with van der Waals surface area (Å²) in [6.07, 6.45) is 1.47. The Morgan fingerprint density at radius 1 is 1.36 bits per heavy atom. The first-order chi connectivity index (χ1) is 13.4. The predicted octanol–water partition coefficient (Wildman–Crippen LogP) is 4.57. The molecule has 6 nitrogen and oxygen atoms in total. The monoisotopic (exact) mass is 440 g/mol. The van der Waals surface area contributed by atoms with Crippen molar-refractivity contribution in [2.24, 2.45) is 5.92 Å². The Bertz CT molecular complexity index is 871. The summed E-state index contributed by atoms with van der Waals surface area (Å²) in [6.45, 7) is 5.23. The van der Waals surface area contributed by atoms with Crippen LogP contribution in [-0.4, -0.2) is 40.8 Å². The molecule has 2 amide bonds. The molecule has 0 saturated carbocycles. The Balaban J connectivity index is 1.69. The average molecular weight is 441 g/mol. The fraction of sp³-hybridized carbons (Fsp3) is 0.421. The Kier molecular flexibility index (Phi) is 6.80. The van der Waals surface area contributed by atoms with E-state index in [1.165, 1.54) is 11.3 Å². The third kappa shape index (κ3) is 4.77. The molecular weight excluding hydrogens is 419 g/mol. The van der Waals surface area contributed by atoms with Gasteiger partial charge in [0.15, 0.2) is 5.13 Å². The van der Waals surface area contributed by atoms with E-state index in [4.69, 9.17) is 23.2 Å². The molecule has 150 valence electrons. The second-order valence-corrected chi connectivity index (χ2v) is 8.70. The first-order valence-corrected chi connectivity index (χ1v) is 10.8. The van der Waals surface area contributed by atoms with Crippen LogP contribution in [-0.2, 0) is 4.79 Å². The van der Waals surface area contributed by atoms with Crippen LogP contribution in [0.25, 0.3) is 0 Å². The first-order valence-electron chi connectivity index (χ1n) is 9.12. The Labute approximate surface area is 178 Å². The van der Waals surface area contributed by atoms with Gasteiger partial charge in [0.2, 0.25) is 5.91 Å². The lowest BCUT2D eigenvalue weighted by Gasteiger charge is -2.23. The SMILES string of the molecule is CC(C)CNC(=O)C1CCCN1C(=O)c1csc(Nc2cccc(Cl)c2Cl)n1. The number of nitrogens with one attached hydrogen (secondary N) is 2. The number of hydrogen-bond acceptors (Lipinski definition) is 5. The quantitative estimate of drug-likeness (QED) is 0.689. The van der Waals surface area contributed by atoms with Gasteiger partial charge >= 0.3 is 0 Å². The molecule has 2 N–H and O–H groups in total. The molecule has 1 aliphatic rings. The van der Waals surface area contributed by atoms with Crippen LogP contribution in [0.2, 0.25) is 10.0 Å². The molecule has 28 heavy (non-hydrogen) atoms. The molecule has 1 aliphatic heterocycles. The number of benzene rings is 1. The smallest absolute Gasteiger partial charge is 0.274 e. The number of halogens is 2. The lowest BCUT2D eigenvalue weighted by Crippen LogP contribution is -2.46. The summed E-state index contributed by atoms with van der Waals surface area (Å²) >= 11 is 13.5. The molecule has 1 fully saturated rings. The van der Waals surface area contributed by atoms with E-state index in [1.54, 1.807) is 28.5 Å². The number of likely N-dealkylation sites (tertiary alicyclic amines) is 1. The second-order valence-electron chi connectivity index (χ2n) is 7.06. The van der Waals surface area contributed by atoms with Crippen LogP contribution in [0.1, 0.15) is 37.2 Å². The molecule has 1 aromatic heterocycles. The third-order valence-electron chi connectivity index (χ3n) is 4.42. The molecule has 0 radical (unpaired) electrons. The summed E-state index contributed by atoms with van der Waals surface area (Å²) in [5, 5.41) is 9.06. The third-order valence-corrected chi connectivity index (χ3v) is 5.99. The van der Waals surface area contributed by atoms with Crippen molar-refractivity contribution in [3.63, 3.8) is 0 Å². The van der Waals surface area contributed by atoms with E-state index in [0.717, 1.165) is 6.42 Å². The zero-order chi connectivity index (χ0) is 20.3. The highest BCUT2D eigenvalue weighted by Crippen LogP contribution is 2.33. The maximum absolute atomic E-state index is 12.9. The van der Waals surface area contributed by atoms with E-state index in [-0.39, 0.29) is 11.8 Å². The van der Waals surface area contributed by atoms with Gasteiger partial charge < -0.3 is 15.5 Å². The minimum atomic E-state index is -0.438. The molecule has 0 aliphatic carbocycles. The normalized spacial score (nSPS) is 16.5. The summed E-state index contributed by atoms with van der Waals surface area (Å²) in [7, 11) is 0. The minimum Gasteiger partial charge on any atom is -0.354 e. The van der Waals surface area contributed by atoms with Gasteiger partial charge in [-0.15, -0.1) is 11.3 Å². The van der Waals surface area contributed by atoms with E-state index < -0.39 is 6.04 Å². The molecule has 1 aromatic carbocycles. The first kappa shape index (κ1) is 20.9. The van der Waals surface area contributed by atoms with E-state index in [9.17, 15) is 9.59 Å². The maximum Gasteiger partial charge on any atom is 0.274 e. The highest BCUT2D eigenvalue weighted by molar-refractivity contribution is 7.14. The molecule has 2 aromatic rings. The number of carbonyl (C=O) groups excluding carboxylic acids is 2. The molecule has 9 heteroatoms. The lowest BCUT2D eigenvalue weighted by molar-refractivity contribution is -0.125. The van der Waals surface area contributed by atoms with E-state index in [1.807, 2.05) is 13.8 Å². The van der Waals surface area contributed by atoms with Crippen molar-refractivity contribution >= 4 is 57.2 Å². The van der Waals surface area contributed by atoms with Crippen LogP contribution in [0, 0.1) is 5.92 Å². The van der Waals surface area contributed by atoms with Crippen LogP contribution < -0.4 is 10.6 Å². The summed E-state index contributed by atoms with van der Waals surface area (Å²) in [5.74, 6) is 0.0301. The average Bonchev–Trinajstić information content (AvgIpc) is 3.32. The minimum absolute atomic E-state index is 0.0983. The van der Waals surface area contributed by atoms with Crippen LogP contribution in [0.4, 0.5) is 10.8 Å². The van der Waals surface area contributed by atoms with E-state index >= 15 is 0 Å². The highest BCUT2D eigenvalue weighted by atomic mass is 35.5. The van der Waals surface area contributed by atoms with E-state index in [2.05, 4.69) is 15.6 Å². The van der Waals surface area contributed by atoms with Gasteiger partial charge in [-0.05, 0) is 30.9 Å². The van der Waals surface area contributed by atoms with Crippen molar-refractivity contribution in [1.29, 1.82) is 0 Å². The van der Waals surface area contributed by atoms with Gasteiger partial charge in [0.05, 0.1) is 15.7 Å². The molecule has 2 heterocycles. The van der Waals surface area contributed by atoms with Crippen molar-refractivity contribution in [3.05, 3.63) is 39.3 Å². The second kappa shape index (κ2) is 9.11. The largest absolute Gasteiger partial charge is 0.354 e. The summed E-state index contributed by atoms with van der Waals surface area (Å²) in [4.78, 5) is 31.3. The van der Waals surface area contributed by atoms with Crippen molar-refractivity contribution in [3.8, 4) is 0 Å². The number of anilines is 2. The number of nitrogens with zero attached hydrogens (tertiary/aromatic N) is 2. The van der Waals surface area contributed by atoms with Crippen LogP contribution >= 0.6 is 34.5 Å². The number of carbonyl (C=O) groups is 2. The Hall–Kier alpha value is -1.83.